The van der Waals surface area contributed by atoms with Gasteiger partial charge in [-0.3, -0.25) is 9.59 Å². The van der Waals surface area contributed by atoms with Crippen molar-refractivity contribution in [1.82, 2.24) is 24.9 Å². The van der Waals surface area contributed by atoms with Gasteiger partial charge < -0.3 is 10.6 Å². The van der Waals surface area contributed by atoms with Gasteiger partial charge in [0.2, 0.25) is 17.0 Å². The van der Waals surface area contributed by atoms with Crippen molar-refractivity contribution >= 4 is 35.0 Å². The Balaban J connectivity index is 1.51. The van der Waals surface area contributed by atoms with Gasteiger partial charge in [-0.15, -0.1) is 5.10 Å². The molecule has 3 aromatic rings. The first-order valence-corrected chi connectivity index (χ1v) is 10.2. The Morgan fingerprint density at radius 1 is 1.00 bits per heavy atom. The Morgan fingerprint density at radius 3 is 2.38 bits per heavy atom. The highest BCUT2D eigenvalue weighted by Gasteiger charge is 2.12. The molecule has 2 N–H and O–H groups in total. The Morgan fingerprint density at radius 2 is 1.69 bits per heavy atom. The third-order valence-electron chi connectivity index (χ3n) is 4.32. The predicted octanol–water partition coefficient (Wildman–Crippen LogP) is 2.51. The van der Waals surface area contributed by atoms with Crippen LogP contribution in [0.4, 0.5) is 5.69 Å². The van der Waals surface area contributed by atoms with Gasteiger partial charge in [0.1, 0.15) is 0 Å². The number of hydrogen-bond acceptors (Lipinski definition) is 6. The first-order chi connectivity index (χ1) is 13.7. The summed E-state index contributed by atoms with van der Waals surface area (Å²) in [5, 5.41) is 10.3. The molecular formula is C20H24N6O2S. The van der Waals surface area contributed by atoms with Crippen molar-refractivity contribution in [3.63, 3.8) is 0 Å². The fourth-order valence-corrected chi connectivity index (χ4v) is 3.78. The summed E-state index contributed by atoms with van der Waals surface area (Å²) in [6.45, 7) is 9.64. The fourth-order valence-electron chi connectivity index (χ4n) is 3.13. The zero-order chi connectivity index (χ0) is 21.1. The lowest BCUT2D eigenvalue weighted by Crippen LogP contribution is -2.34. The second-order valence-corrected chi connectivity index (χ2v) is 7.97. The highest BCUT2D eigenvalue weighted by atomic mass is 32.2. The van der Waals surface area contributed by atoms with Crippen molar-refractivity contribution in [3.05, 3.63) is 46.3 Å². The number of rotatable bonds is 6. The fraction of sp³-hybridized carbons (Fsp3) is 0.350. The Labute approximate surface area is 173 Å². The van der Waals surface area contributed by atoms with Gasteiger partial charge in [0.25, 0.3) is 5.78 Å². The number of hydrogen-bond donors (Lipinski definition) is 2. The minimum Gasteiger partial charge on any atom is -0.346 e. The van der Waals surface area contributed by atoms with Crippen LogP contribution in [0.5, 0.6) is 0 Å². The van der Waals surface area contributed by atoms with Crippen LogP contribution in [0.15, 0.2) is 23.4 Å². The van der Waals surface area contributed by atoms with Gasteiger partial charge in [0, 0.05) is 17.1 Å². The smallest absolute Gasteiger partial charge is 0.253 e. The molecule has 8 nitrogen and oxygen atoms in total. The molecule has 0 saturated carbocycles. The number of amides is 2. The molecule has 0 unspecified atom stereocenters. The molecule has 0 aliphatic heterocycles. The van der Waals surface area contributed by atoms with E-state index in [0.29, 0.717) is 10.9 Å². The standard InChI is InChI=1S/C20H24N6O2S/c1-11-6-12(2)18(13(3)7-11)23-16(27)9-21-17(28)10-29-20-24-19-22-14(4)8-15(5)26(19)25-20/h6-8H,9-10H2,1-5H3,(H,21,28)(H,23,27). The first kappa shape index (κ1) is 20.8. The number of carbonyl (C=O) groups is 2. The third-order valence-corrected chi connectivity index (χ3v) is 5.16. The topological polar surface area (TPSA) is 101 Å². The summed E-state index contributed by atoms with van der Waals surface area (Å²) in [6.07, 6.45) is 0. The van der Waals surface area contributed by atoms with Crippen molar-refractivity contribution in [1.29, 1.82) is 0 Å². The van der Waals surface area contributed by atoms with Crippen molar-refractivity contribution in [2.75, 3.05) is 17.6 Å². The largest absolute Gasteiger partial charge is 0.346 e. The number of aromatic nitrogens is 4. The van der Waals surface area contributed by atoms with Gasteiger partial charge in [0.05, 0.1) is 12.3 Å². The van der Waals surface area contributed by atoms with Crippen LogP contribution in [-0.4, -0.2) is 43.7 Å². The SMILES string of the molecule is Cc1cc(C)c(NC(=O)CNC(=O)CSc2nc3nc(C)cc(C)n3n2)c(C)c1. The number of benzene rings is 1. The molecule has 3 rings (SSSR count). The number of aryl methyl sites for hydroxylation is 5. The molecule has 0 bridgehead atoms. The van der Waals surface area contributed by atoms with Crippen molar-refractivity contribution < 1.29 is 9.59 Å². The number of fused-ring (bicyclic) bond motifs is 1. The monoisotopic (exact) mass is 412 g/mol. The molecule has 2 heterocycles. The highest BCUT2D eigenvalue weighted by molar-refractivity contribution is 7.99. The van der Waals surface area contributed by atoms with Crippen LogP contribution >= 0.6 is 11.8 Å². The number of carbonyl (C=O) groups excluding carboxylic acids is 2. The molecule has 0 aliphatic carbocycles. The average Bonchev–Trinajstić information content (AvgIpc) is 3.04. The van der Waals surface area contributed by atoms with Gasteiger partial charge in [0.15, 0.2) is 0 Å². The van der Waals surface area contributed by atoms with Crippen molar-refractivity contribution in [3.8, 4) is 0 Å². The summed E-state index contributed by atoms with van der Waals surface area (Å²) >= 11 is 1.20. The van der Waals surface area contributed by atoms with E-state index in [1.54, 1.807) is 4.52 Å². The Hall–Kier alpha value is -2.94. The van der Waals surface area contributed by atoms with Crippen LogP contribution in [-0.2, 0) is 9.59 Å². The molecule has 0 aliphatic rings. The van der Waals surface area contributed by atoms with E-state index in [1.807, 2.05) is 52.8 Å². The van der Waals surface area contributed by atoms with E-state index < -0.39 is 0 Å². The summed E-state index contributed by atoms with van der Waals surface area (Å²) in [6, 6.07) is 5.94. The Bertz CT molecular complexity index is 1070. The molecule has 29 heavy (non-hydrogen) atoms. The van der Waals surface area contributed by atoms with Crippen LogP contribution in [0.1, 0.15) is 28.1 Å². The van der Waals surface area contributed by atoms with Crippen LogP contribution in [0.2, 0.25) is 0 Å². The molecule has 0 fully saturated rings. The maximum Gasteiger partial charge on any atom is 0.253 e. The number of anilines is 1. The molecule has 0 spiro atoms. The zero-order valence-electron chi connectivity index (χ0n) is 17.2. The molecule has 0 atom stereocenters. The van der Waals surface area contributed by atoms with Crippen LogP contribution in [0.3, 0.4) is 0 Å². The van der Waals surface area contributed by atoms with E-state index in [0.717, 1.165) is 33.8 Å². The lowest BCUT2D eigenvalue weighted by Gasteiger charge is -2.13. The quantitative estimate of drug-likeness (QED) is 0.603. The second kappa shape index (κ2) is 8.60. The van der Waals surface area contributed by atoms with Crippen molar-refractivity contribution in [2.45, 2.75) is 39.8 Å². The minimum atomic E-state index is -0.264. The van der Waals surface area contributed by atoms with E-state index in [9.17, 15) is 9.59 Å². The van der Waals surface area contributed by atoms with Gasteiger partial charge in [-0.05, 0) is 51.8 Å². The van der Waals surface area contributed by atoms with Crippen molar-refractivity contribution in [2.24, 2.45) is 0 Å². The van der Waals surface area contributed by atoms with E-state index in [-0.39, 0.29) is 24.1 Å². The summed E-state index contributed by atoms with van der Waals surface area (Å²) in [5.74, 6) is 0.0977. The molecule has 2 aromatic heterocycles. The van der Waals surface area contributed by atoms with Crippen LogP contribution in [0.25, 0.3) is 5.78 Å². The summed E-state index contributed by atoms with van der Waals surface area (Å²) in [5.41, 5.74) is 5.71. The second-order valence-electron chi connectivity index (χ2n) is 7.03. The van der Waals surface area contributed by atoms with Crippen LogP contribution < -0.4 is 10.6 Å². The normalized spacial score (nSPS) is 10.9. The Kier molecular flexibility index (Phi) is 6.17. The third kappa shape index (κ3) is 5.11. The first-order valence-electron chi connectivity index (χ1n) is 9.21. The molecule has 1 aromatic carbocycles. The summed E-state index contributed by atoms with van der Waals surface area (Å²) < 4.78 is 1.65. The lowest BCUT2D eigenvalue weighted by atomic mass is 10.1. The predicted molar refractivity (Wildman–Crippen MR) is 113 cm³/mol. The lowest BCUT2D eigenvalue weighted by molar-refractivity contribution is -0.122. The minimum absolute atomic E-state index is 0.0927. The highest BCUT2D eigenvalue weighted by Crippen LogP contribution is 2.21. The molecule has 152 valence electrons. The molecular weight excluding hydrogens is 388 g/mol. The molecule has 0 radical (unpaired) electrons. The van der Waals surface area contributed by atoms with Gasteiger partial charge >= 0.3 is 0 Å². The number of nitrogens with zero attached hydrogens (tertiary/aromatic N) is 4. The number of nitrogens with one attached hydrogen (secondary N) is 2. The molecule has 2 amide bonds. The maximum atomic E-state index is 12.2. The van der Waals surface area contributed by atoms with Crippen LogP contribution in [0, 0.1) is 34.6 Å². The maximum absolute atomic E-state index is 12.2. The van der Waals surface area contributed by atoms with E-state index in [2.05, 4.69) is 25.7 Å². The molecule has 9 heteroatoms. The van der Waals surface area contributed by atoms with Gasteiger partial charge in [-0.1, -0.05) is 29.5 Å². The summed E-state index contributed by atoms with van der Waals surface area (Å²) in [7, 11) is 0. The average molecular weight is 413 g/mol. The van der Waals surface area contributed by atoms with Gasteiger partial charge in [-0.2, -0.15) is 4.98 Å². The van der Waals surface area contributed by atoms with E-state index >= 15 is 0 Å². The molecule has 0 saturated heterocycles. The van der Waals surface area contributed by atoms with Gasteiger partial charge in [-0.25, -0.2) is 9.50 Å². The zero-order valence-corrected chi connectivity index (χ0v) is 18.0. The van der Waals surface area contributed by atoms with E-state index in [1.165, 1.54) is 11.8 Å². The number of thioether (sulfide) groups is 1. The van der Waals surface area contributed by atoms with E-state index in [4.69, 9.17) is 0 Å². The summed E-state index contributed by atoms with van der Waals surface area (Å²) in [4.78, 5) is 33.0.